The fourth-order valence-electron chi connectivity index (χ4n) is 4.18. The third-order valence-corrected chi connectivity index (χ3v) is 5.88. The lowest BCUT2D eigenvalue weighted by atomic mass is 9.90. The Balaban J connectivity index is 1.55. The van der Waals surface area contributed by atoms with Crippen molar-refractivity contribution in [3.05, 3.63) is 69.8 Å². The predicted molar refractivity (Wildman–Crippen MR) is 111 cm³/mol. The highest BCUT2D eigenvalue weighted by Crippen LogP contribution is 2.24. The molecule has 0 radical (unpaired) electrons. The zero-order valence-electron chi connectivity index (χ0n) is 16.0. The number of nitrogens with zero attached hydrogens (tertiary/aromatic N) is 2. The van der Waals surface area contributed by atoms with Gasteiger partial charge >= 0.3 is 0 Å². The summed E-state index contributed by atoms with van der Waals surface area (Å²) in [4.78, 5) is 0. The molecule has 134 valence electrons. The minimum absolute atomic E-state index is 0.996. The molecule has 2 nitrogen and oxygen atoms in total. The first-order valence-corrected chi connectivity index (χ1v) is 10.0. The van der Waals surface area contributed by atoms with E-state index in [9.17, 15) is 0 Å². The summed E-state index contributed by atoms with van der Waals surface area (Å²) in [5, 5.41) is 9.07. The van der Waals surface area contributed by atoms with Gasteiger partial charge in [-0.25, -0.2) is 0 Å². The van der Waals surface area contributed by atoms with Gasteiger partial charge in [-0.2, -0.15) is 10.2 Å². The number of hydrogen-bond acceptors (Lipinski definition) is 2. The maximum absolute atomic E-state index is 4.54. The van der Waals surface area contributed by atoms with Crippen LogP contribution in [0.5, 0.6) is 0 Å². The number of hydrogen-bond donors (Lipinski definition) is 0. The second-order valence-corrected chi connectivity index (χ2v) is 7.75. The molecule has 2 aromatic rings. The molecule has 0 spiro atoms. The SMILES string of the molecule is C/C(=N/N=C(/C)c1ccc2c(c1)CCCC2)c1ccc2c(c1)CCCC2. The number of fused-ring (bicyclic) bond motifs is 2. The van der Waals surface area contributed by atoms with Gasteiger partial charge in [-0.15, -0.1) is 0 Å². The lowest BCUT2D eigenvalue weighted by Crippen LogP contribution is -2.06. The number of rotatable bonds is 3. The van der Waals surface area contributed by atoms with Crippen molar-refractivity contribution in [3.63, 3.8) is 0 Å². The molecule has 0 atom stereocenters. The molecule has 0 saturated heterocycles. The van der Waals surface area contributed by atoms with Crippen molar-refractivity contribution >= 4 is 11.4 Å². The van der Waals surface area contributed by atoms with Gasteiger partial charge in [-0.1, -0.05) is 24.3 Å². The van der Waals surface area contributed by atoms with Crippen molar-refractivity contribution in [2.45, 2.75) is 65.2 Å². The summed E-state index contributed by atoms with van der Waals surface area (Å²) in [5.74, 6) is 0. The average molecular weight is 345 g/mol. The van der Waals surface area contributed by atoms with Crippen LogP contribution < -0.4 is 0 Å². The van der Waals surface area contributed by atoms with Crippen molar-refractivity contribution in [1.82, 2.24) is 0 Å². The van der Waals surface area contributed by atoms with Gasteiger partial charge in [-0.05, 0) is 111 Å². The summed E-state index contributed by atoms with van der Waals surface area (Å²) in [6, 6.07) is 13.6. The summed E-state index contributed by atoms with van der Waals surface area (Å²) >= 11 is 0. The molecule has 2 aliphatic rings. The van der Waals surface area contributed by atoms with Crippen molar-refractivity contribution in [2.75, 3.05) is 0 Å². The molecule has 0 fully saturated rings. The van der Waals surface area contributed by atoms with E-state index in [-0.39, 0.29) is 0 Å². The Morgan fingerprint density at radius 1 is 0.577 bits per heavy atom. The first-order chi connectivity index (χ1) is 12.7. The van der Waals surface area contributed by atoms with Crippen molar-refractivity contribution in [3.8, 4) is 0 Å². The van der Waals surface area contributed by atoms with Crippen LogP contribution in [0.2, 0.25) is 0 Å². The maximum Gasteiger partial charge on any atom is 0.0672 e. The maximum atomic E-state index is 4.54. The minimum Gasteiger partial charge on any atom is -0.155 e. The van der Waals surface area contributed by atoms with Crippen molar-refractivity contribution in [2.24, 2.45) is 10.2 Å². The van der Waals surface area contributed by atoms with Crippen LogP contribution in [0.1, 0.15) is 72.9 Å². The van der Waals surface area contributed by atoms with E-state index in [0.29, 0.717) is 0 Å². The van der Waals surface area contributed by atoms with E-state index in [0.717, 1.165) is 11.4 Å². The molecular formula is C24H28N2. The summed E-state index contributed by atoms with van der Waals surface area (Å²) in [7, 11) is 0. The normalized spacial score (nSPS) is 17.6. The Labute approximate surface area is 157 Å². The van der Waals surface area contributed by atoms with Crippen LogP contribution in [0, 0.1) is 0 Å². The highest BCUT2D eigenvalue weighted by Gasteiger charge is 2.11. The molecular weight excluding hydrogens is 316 g/mol. The lowest BCUT2D eigenvalue weighted by molar-refractivity contribution is 0.685. The third kappa shape index (κ3) is 3.65. The number of benzene rings is 2. The molecule has 0 amide bonds. The summed E-state index contributed by atoms with van der Waals surface area (Å²) in [6.07, 6.45) is 10.1. The Morgan fingerprint density at radius 3 is 1.38 bits per heavy atom. The lowest BCUT2D eigenvalue weighted by Gasteiger charge is -2.16. The third-order valence-electron chi connectivity index (χ3n) is 5.88. The Bertz CT molecular complexity index is 800. The van der Waals surface area contributed by atoms with Gasteiger partial charge < -0.3 is 0 Å². The van der Waals surface area contributed by atoms with Crippen LogP contribution in [-0.2, 0) is 25.7 Å². The first-order valence-electron chi connectivity index (χ1n) is 10.0. The molecule has 0 aromatic heterocycles. The van der Waals surface area contributed by atoms with Gasteiger partial charge in [0, 0.05) is 0 Å². The molecule has 0 saturated carbocycles. The second kappa shape index (κ2) is 7.57. The van der Waals surface area contributed by atoms with Gasteiger partial charge in [0.25, 0.3) is 0 Å². The Morgan fingerprint density at radius 2 is 0.962 bits per heavy atom. The largest absolute Gasteiger partial charge is 0.155 e. The molecule has 2 heteroatoms. The minimum atomic E-state index is 0.996. The van der Waals surface area contributed by atoms with Gasteiger partial charge in [-0.3, -0.25) is 0 Å². The molecule has 0 bridgehead atoms. The summed E-state index contributed by atoms with van der Waals surface area (Å²) < 4.78 is 0. The molecule has 4 rings (SSSR count). The van der Waals surface area contributed by atoms with E-state index in [2.05, 4.69) is 60.4 Å². The topological polar surface area (TPSA) is 24.7 Å². The highest BCUT2D eigenvalue weighted by atomic mass is 15.2. The van der Waals surface area contributed by atoms with Crippen LogP contribution in [0.3, 0.4) is 0 Å². The smallest absolute Gasteiger partial charge is 0.0672 e. The molecule has 0 N–H and O–H groups in total. The van der Waals surface area contributed by atoms with Gasteiger partial charge in [0.1, 0.15) is 0 Å². The molecule has 0 unspecified atom stereocenters. The van der Waals surface area contributed by atoms with Crippen molar-refractivity contribution < 1.29 is 0 Å². The zero-order chi connectivity index (χ0) is 17.9. The molecule has 26 heavy (non-hydrogen) atoms. The van der Waals surface area contributed by atoms with Gasteiger partial charge in [0.2, 0.25) is 0 Å². The van der Waals surface area contributed by atoms with E-state index in [1.165, 1.54) is 84.7 Å². The van der Waals surface area contributed by atoms with Crippen LogP contribution in [0.25, 0.3) is 0 Å². The molecule has 2 aromatic carbocycles. The van der Waals surface area contributed by atoms with Gasteiger partial charge in [0.05, 0.1) is 11.4 Å². The molecule has 2 aliphatic carbocycles. The van der Waals surface area contributed by atoms with Crippen LogP contribution in [-0.4, -0.2) is 11.4 Å². The quantitative estimate of drug-likeness (QED) is 0.506. The molecule has 0 aliphatic heterocycles. The van der Waals surface area contributed by atoms with E-state index >= 15 is 0 Å². The fourth-order valence-corrected chi connectivity index (χ4v) is 4.18. The van der Waals surface area contributed by atoms with Crippen molar-refractivity contribution in [1.29, 1.82) is 0 Å². The van der Waals surface area contributed by atoms with Gasteiger partial charge in [0.15, 0.2) is 0 Å². The predicted octanol–water partition coefficient (Wildman–Crippen LogP) is 5.68. The van der Waals surface area contributed by atoms with Crippen LogP contribution in [0.4, 0.5) is 0 Å². The zero-order valence-corrected chi connectivity index (χ0v) is 16.0. The van der Waals surface area contributed by atoms with E-state index in [1.54, 1.807) is 0 Å². The Kier molecular flexibility index (Phi) is 5.01. The fraction of sp³-hybridized carbons (Fsp3) is 0.417. The second-order valence-electron chi connectivity index (χ2n) is 7.75. The van der Waals surface area contributed by atoms with E-state index < -0.39 is 0 Å². The molecule has 0 heterocycles. The Hall–Kier alpha value is -2.22. The van der Waals surface area contributed by atoms with E-state index in [1.807, 2.05) is 0 Å². The van der Waals surface area contributed by atoms with Crippen LogP contribution >= 0.6 is 0 Å². The standard InChI is InChI=1S/C24H28N2/c1-17(21-13-11-19-7-3-5-9-23(19)15-21)25-26-18(2)22-14-12-20-8-4-6-10-24(20)16-22/h11-16H,3-10H2,1-2H3/b25-17-,26-18-. The number of aryl methyl sites for hydroxylation is 4. The van der Waals surface area contributed by atoms with E-state index in [4.69, 9.17) is 0 Å². The van der Waals surface area contributed by atoms with Crippen LogP contribution in [0.15, 0.2) is 46.6 Å². The monoisotopic (exact) mass is 344 g/mol. The average Bonchev–Trinajstić information content (AvgIpc) is 2.71. The summed E-state index contributed by atoms with van der Waals surface area (Å²) in [6.45, 7) is 4.13. The summed E-state index contributed by atoms with van der Waals surface area (Å²) in [5.41, 5.74) is 10.4. The highest BCUT2D eigenvalue weighted by molar-refractivity contribution is 6.02. The first kappa shape index (κ1) is 17.2.